The highest BCUT2D eigenvalue weighted by Gasteiger charge is 2.30. The first kappa shape index (κ1) is 14.3. The number of carboxylic acid groups (broad SMARTS) is 1. The molecule has 1 aliphatic heterocycles. The van der Waals surface area contributed by atoms with Crippen LogP contribution < -0.4 is 4.90 Å². The summed E-state index contributed by atoms with van der Waals surface area (Å²) in [6, 6.07) is 3.84. The average Bonchev–Trinajstić information content (AvgIpc) is 2.45. The third-order valence-corrected chi connectivity index (χ3v) is 4.31. The largest absolute Gasteiger partial charge is 0.481 e. The van der Waals surface area contributed by atoms with Gasteiger partial charge in [-0.15, -0.1) is 0 Å². The lowest BCUT2D eigenvalue weighted by Gasteiger charge is -2.36. The fourth-order valence-electron chi connectivity index (χ4n) is 2.97. The van der Waals surface area contributed by atoms with E-state index < -0.39 is 5.97 Å². The predicted octanol–water partition coefficient (Wildman–Crippen LogP) is 2.94. The number of pyridine rings is 2. The third-order valence-electron chi connectivity index (χ3n) is 3.87. The molecule has 0 amide bonds. The van der Waals surface area contributed by atoms with Gasteiger partial charge in [0.2, 0.25) is 0 Å². The van der Waals surface area contributed by atoms with Crippen molar-refractivity contribution in [2.24, 2.45) is 11.8 Å². The lowest BCUT2D eigenvalue weighted by Crippen LogP contribution is -2.42. The quantitative estimate of drug-likeness (QED) is 0.902. The summed E-state index contributed by atoms with van der Waals surface area (Å²) in [6.45, 7) is 3.46. The molecule has 110 valence electrons. The monoisotopic (exact) mass is 349 g/mol. The molecule has 0 saturated carbocycles. The Morgan fingerprint density at radius 2 is 2.24 bits per heavy atom. The highest BCUT2D eigenvalue weighted by molar-refractivity contribution is 9.10. The van der Waals surface area contributed by atoms with Gasteiger partial charge in [-0.25, -0.2) is 0 Å². The SMILES string of the molecule is CC1CC(C(=O)O)CN(c2ccnc3cc(Br)cnc23)C1. The first-order valence-corrected chi connectivity index (χ1v) is 7.72. The van der Waals surface area contributed by atoms with Gasteiger partial charge in [0.1, 0.15) is 5.52 Å². The molecule has 0 radical (unpaired) electrons. The maximum absolute atomic E-state index is 11.3. The molecule has 2 unspecified atom stereocenters. The molecular weight excluding hydrogens is 334 g/mol. The predicted molar refractivity (Wildman–Crippen MR) is 84.4 cm³/mol. The molecule has 6 heteroatoms. The maximum atomic E-state index is 11.3. The van der Waals surface area contributed by atoms with E-state index in [2.05, 4.69) is 37.7 Å². The minimum Gasteiger partial charge on any atom is -0.481 e. The molecule has 3 rings (SSSR count). The summed E-state index contributed by atoms with van der Waals surface area (Å²) in [5.74, 6) is -0.702. The Kier molecular flexibility index (Phi) is 3.80. The number of anilines is 1. The van der Waals surface area contributed by atoms with Gasteiger partial charge in [-0.3, -0.25) is 14.8 Å². The Morgan fingerprint density at radius 3 is 3.00 bits per heavy atom. The van der Waals surface area contributed by atoms with Crippen molar-refractivity contribution in [2.75, 3.05) is 18.0 Å². The molecule has 2 aromatic rings. The molecule has 3 heterocycles. The van der Waals surface area contributed by atoms with Gasteiger partial charge in [-0.1, -0.05) is 6.92 Å². The van der Waals surface area contributed by atoms with Gasteiger partial charge in [0.15, 0.2) is 0 Å². The molecule has 1 saturated heterocycles. The molecule has 5 nitrogen and oxygen atoms in total. The zero-order valence-corrected chi connectivity index (χ0v) is 13.2. The number of nitrogens with zero attached hydrogens (tertiary/aromatic N) is 3. The molecule has 21 heavy (non-hydrogen) atoms. The molecule has 1 N–H and O–H groups in total. The molecular formula is C15H16BrN3O2. The zero-order valence-electron chi connectivity index (χ0n) is 11.7. The van der Waals surface area contributed by atoms with Crippen LogP contribution in [0.1, 0.15) is 13.3 Å². The molecule has 0 aliphatic carbocycles. The van der Waals surface area contributed by atoms with Gasteiger partial charge >= 0.3 is 5.97 Å². The second-order valence-corrected chi connectivity index (χ2v) is 6.55. The normalized spacial score (nSPS) is 22.5. The van der Waals surface area contributed by atoms with Gasteiger partial charge in [0.25, 0.3) is 0 Å². The standard InChI is InChI=1S/C15H16BrN3O2/c1-9-4-10(15(20)21)8-19(7-9)13-2-3-17-12-5-11(16)6-18-14(12)13/h2-3,5-6,9-10H,4,7-8H2,1H3,(H,20,21). The van der Waals surface area contributed by atoms with Crippen LogP contribution in [0.4, 0.5) is 5.69 Å². The molecule has 1 fully saturated rings. The fraction of sp³-hybridized carbons (Fsp3) is 0.400. The second-order valence-electron chi connectivity index (χ2n) is 5.63. The van der Waals surface area contributed by atoms with E-state index in [1.54, 1.807) is 12.4 Å². The van der Waals surface area contributed by atoms with Crippen LogP contribution in [-0.4, -0.2) is 34.1 Å². The van der Waals surface area contributed by atoms with Gasteiger partial charge in [-0.05, 0) is 40.4 Å². The fourth-order valence-corrected chi connectivity index (χ4v) is 3.29. The van der Waals surface area contributed by atoms with Gasteiger partial charge in [0.05, 0.1) is 17.1 Å². The van der Waals surface area contributed by atoms with Crippen molar-refractivity contribution in [3.63, 3.8) is 0 Å². The first-order chi connectivity index (χ1) is 10.0. The Balaban J connectivity index is 2.01. The van der Waals surface area contributed by atoms with E-state index in [1.807, 2.05) is 12.1 Å². The second kappa shape index (κ2) is 5.60. The molecule has 0 aromatic carbocycles. The van der Waals surface area contributed by atoms with Crippen LogP contribution in [0.2, 0.25) is 0 Å². The van der Waals surface area contributed by atoms with E-state index in [9.17, 15) is 9.90 Å². The smallest absolute Gasteiger partial charge is 0.308 e. The van der Waals surface area contributed by atoms with E-state index in [-0.39, 0.29) is 5.92 Å². The number of fused-ring (bicyclic) bond motifs is 1. The number of halogens is 1. The van der Waals surface area contributed by atoms with E-state index >= 15 is 0 Å². The van der Waals surface area contributed by atoms with Crippen LogP contribution in [0, 0.1) is 11.8 Å². The topological polar surface area (TPSA) is 66.3 Å². The molecule has 2 aromatic heterocycles. The minimum absolute atomic E-state index is 0.326. The van der Waals surface area contributed by atoms with Crippen molar-refractivity contribution in [3.8, 4) is 0 Å². The van der Waals surface area contributed by atoms with E-state index in [4.69, 9.17) is 0 Å². The van der Waals surface area contributed by atoms with E-state index in [0.717, 1.165) is 34.2 Å². The number of rotatable bonds is 2. The summed E-state index contributed by atoms with van der Waals surface area (Å²) in [5.41, 5.74) is 2.59. The van der Waals surface area contributed by atoms with E-state index in [0.29, 0.717) is 12.5 Å². The number of aromatic nitrogens is 2. The van der Waals surface area contributed by atoms with Crippen LogP contribution in [0.15, 0.2) is 29.0 Å². The highest BCUT2D eigenvalue weighted by atomic mass is 79.9. The Bertz CT molecular complexity index is 692. The Labute approximate surface area is 131 Å². The van der Waals surface area contributed by atoms with Crippen molar-refractivity contribution in [1.82, 2.24) is 9.97 Å². The summed E-state index contributed by atoms with van der Waals surface area (Å²) >= 11 is 3.40. The number of hydrogen-bond donors (Lipinski definition) is 1. The van der Waals surface area contributed by atoms with Crippen LogP contribution in [0.3, 0.4) is 0 Å². The lowest BCUT2D eigenvalue weighted by molar-refractivity contribution is -0.142. The summed E-state index contributed by atoms with van der Waals surface area (Å²) in [5, 5.41) is 9.31. The minimum atomic E-state index is -0.722. The summed E-state index contributed by atoms with van der Waals surface area (Å²) in [4.78, 5) is 22.2. The summed E-state index contributed by atoms with van der Waals surface area (Å²) in [6.07, 6.45) is 4.23. The Morgan fingerprint density at radius 1 is 1.43 bits per heavy atom. The van der Waals surface area contributed by atoms with Crippen molar-refractivity contribution in [2.45, 2.75) is 13.3 Å². The highest BCUT2D eigenvalue weighted by Crippen LogP contribution is 2.31. The number of carboxylic acids is 1. The van der Waals surface area contributed by atoms with Crippen molar-refractivity contribution in [1.29, 1.82) is 0 Å². The molecule has 0 spiro atoms. The summed E-state index contributed by atoms with van der Waals surface area (Å²) < 4.78 is 0.884. The van der Waals surface area contributed by atoms with Crippen molar-refractivity contribution in [3.05, 3.63) is 29.0 Å². The van der Waals surface area contributed by atoms with Gasteiger partial charge < -0.3 is 10.0 Å². The number of piperidine rings is 1. The number of carbonyl (C=O) groups is 1. The van der Waals surface area contributed by atoms with Crippen LogP contribution >= 0.6 is 15.9 Å². The van der Waals surface area contributed by atoms with Crippen molar-refractivity contribution >= 4 is 38.6 Å². The zero-order chi connectivity index (χ0) is 15.0. The average molecular weight is 350 g/mol. The Hall–Kier alpha value is -1.69. The molecule has 2 atom stereocenters. The van der Waals surface area contributed by atoms with Crippen LogP contribution in [0.25, 0.3) is 11.0 Å². The van der Waals surface area contributed by atoms with Crippen LogP contribution in [-0.2, 0) is 4.79 Å². The maximum Gasteiger partial charge on any atom is 0.308 e. The van der Waals surface area contributed by atoms with Gasteiger partial charge in [-0.2, -0.15) is 0 Å². The molecule has 0 bridgehead atoms. The van der Waals surface area contributed by atoms with Crippen molar-refractivity contribution < 1.29 is 9.90 Å². The molecule has 1 aliphatic rings. The third kappa shape index (κ3) is 2.85. The lowest BCUT2D eigenvalue weighted by atomic mass is 9.90. The van der Waals surface area contributed by atoms with Crippen LogP contribution in [0.5, 0.6) is 0 Å². The first-order valence-electron chi connectivity index (χ1n) is 6.92. The summed E-state index contributed by atoms with van der Waals surface area (Å²) in [7, 11) is 0. The van der Waals surface area contributed by atoms with Gasteiger partial charge in [0, 0.05) is 30.0 Å². The van der Waals surface area contributed by atoms with E-state index in [1.165, 1.54) is 0 Å². The number of aliphatic carboxylic acids is 1. The number of hydrogen-bond acceptors (Lipinski definition) is 4.